The maximum Gasteiger partial charge on any atom is 0.0765 e. The smallest absolute Gasteiger partial charge is 0.0765 e. The quantitative estimate of drug-likeness (QED) is 0.660. The maximum absolute atomic E-state index is 10.0. The first-order valence-electron chi connectivity index (χ1n) is 6.60. The fourth-order valence-electron chi connectivity index (χ4n) is 1.83. The highest BCUT2D eigenvalue weighted by Gasteiger charge is 2.18. The minimum Gasteiger partial charge on any atom is -0.389 e. The Morgan fingerprint density at radius 1 is 1.28 bits per heavy atom. The summed E-state index contributed by atoms with van der Waals surface area (Å²) in [6, 6.07) is 10.5. The number of aliphatic hydroxyl groups is 1. The first kappa shape index (κ1) is 15.2. The molecule has 0 saturated heterocycles. The van der Waals surface area contributed by atoms with Crippen molar-refractivity contribution >= 4 is 0 Å². The topological polar surface area (TPSA) is 41.5 Å². The molecule has 3 heteroatoms. The summed E-state index contributed by atoms with van der Waals surface area (Å²) in [6.07, 6.45) is 2.83. The van der Waals surface area contributed by atoms with Gasteiger partial charge in [0.05, 0.1) is 5.60 Å². The lowest BCUT2D eigenvalue weighted by Crippen LogP contribution is -2.39. The van der Waals surface area contributed by atoms with Crippen molar-refractivity contribution in [2.24, 2.45) is 0 Å². The van der Waals surface area contributed by atoms with Gasteiger partial charge in [0, 0.05) is 26.7 Å². The molecule has 1 rings (SSSR count). The van der Waals surface area contributed by atoms with Gasteiger partial charge in [-0.05, 0) is 31.9 Å². The van der Waals surface area contributed by atoms with Crippen molar-refractivity contribution in [3.8, 4) is 0 Å². The van der Waals surface area contributed by atoms with Crippen LogP contribution in [-0.4, -0.2) is 37.5 Å². The zero-order valence-electron chi connectivity index (χ0n) is 11.5. The summed E-state index contributed by atoms with van der Waals surface area (Å²) in [5.41, 5.74) is 0.688. The van der Waals surface area contributed by atoms with Gasteiger partial charge in [0.2, 0.25) is 0 Å². The molecule has 0 saturated carbocycles. The second kappa shape index (κ2) is 8.25. The van der Waals surface area contributed by atoms with Gasteiger partial charge in [-0.1, -0.05) is 30.3 Å². The van der Waals surface area contributed by atoms with Gasteiger partial charge < -0.3 is 15.2 Å². The van der Waals surface area contributed by atoms with Gasteiger partial charge in [-0.15, -0.1) is 0 Å². The van der Waals surface area contributed by atoms with E-state index in [1.165, 1.54) is 5.56 Å². The summed E-state index contributed by atoms with van der Waals surface area (Å²) >= 11 is 0. The van der Waals surface area contributed by atoms with Crippen LogP contribution in [0.4, 0.5) is 0 Å². The van der Waals surface area contributed by atoms with Crippen molar-refractivity contribution in [1.82, 2.24) is 5.32 Å². The predicted molar refractivity (Wildman–Crippen MR) is 74.7 cm³/mol. The molecule has 1 atom stereocenters. The number of benzene rings is 1. The molecule has 102 valence electrons. The Morgan fingerprint density at radius 3 is 2.67 bits per heavy atom. The molecule has 0 aliphatic rings. The second-order valence-corrected chi connectivity index (χ2v) is 5.01. The van der Waals surface area contributed by atoms with Crippen LogP contribution in [-0.2, 0) is 11.2 Å². The molecule has 0 amide bonds. The molecule has 0 aromatic heterocycles. The number of hydrogen-bond donors (Lipinski definition) is 2. The Kier molecular flexibility index (Phi) is 6.94. The lowest BCUT2D eigenvalue weighted by atomic mass is 10.0. The van der Waals surface area contributed by atoms with Crippen LogP contribution in [0.5, 0.6) is 0 Å². The van der Waals surface area contributed by atoms with Crippen molar-refractivity contribution in [2.75, 3.05) is 26.8 Å². The van der Waals surface area contributed by atoms with Gasteiger partial charge in [-0.3, -0.25) is 0 Å². The summed E-state index contributed by atoms with van der Waals surface area (Å²) in [5, 5.41) is 13.3. The molecule has 2 N–H and O–H groups in total. The highest BCUT2D eigenvalue weighted by Crippen LogP contribution is 2.07. The standard InChI is InChI=1S/C15H25NO2/c1-15(17,10-12-18-2)13-16-11-6-9-14-7-4-3-5-8-14/h3-5,7-8,16-17H,6,9-13H2,1-2H3. The molecule has 0 aliphatic carbocycles. The number of hydrogen-bond acceptors (Lipinski definition) is 3. The molecule has 18 heavy (non-hydrogen) atoms. The summed E-state index contributed by atoms with van der Waals surface area (Å²) in [6.45, 7) is 3.98. The first-order valence-corrected chi connectivity index (χ1v) is 6.60. The fourth-order valence-corrected chi connectivity index (χ4v) is 1.83. The molecule has 0 radical (unpaired) electrons. The van der Waals surface area contributed by atoms with E-state index in [-0.39, 0.29) is 0 Å². The van der Waals surface area contributed by atoms with Crippen LogP contribution in [0.1, 0.15) is 25.3 Å². The molecule has 1 aromatic carbocycles. The van der Waals surface area contributed by atoms with E-state index in [1.54, 1.807) is 7.11 Å². The SMILES string of the molecule is COCCC(C)(O)CNCCCc1ccccc1. The van der Waals surface area contributed by atoms with Gasteiger partial charge in [0.1, 0.15) is 0 Å². The highest BCUT2D eigenvalue weighted by atomic mass is 16.5. The summed E-state index contributed by atoms with van der Waals surface area (Å²) in [4.78, 5) is 0. The second-order valence-electron chi connectivity index (χ2n) is 5.01. The third-order valence-electron chi connectivity index (χ3n) is 3.01. The zero-order valence-corrected chi connectivity index (χ0v) is 11.5. The molecule has 0 spiro atoms. The Bertz CT molecular complexity index is 312. The van der Waals surface area contributed by atoms with Crippen LogP contribution >= 0.6 is 0 Å². The summed E-state index contributed by atoms with van der Waals surface area (Å²) in [7, 11) is 1.66. The fraction of sp³-hybridized carbons (Fsp3) is 0.600. The van der Waals surface area contributed by atoms with Crippen molar-refractivity contribution in [3.05, 3.63) is 35.9 Å². The number of aryl methyl sites for hydroxylation is 1. The van der Waals surface area contributed by atoms with Crippen molar-refractivity contribution in [2.45, 2.75) is 31.8 Å². The Morgan fingerprint density at radius 2 is 2.00 bits per heavy atom. The molecule has 0 aliphatic heterocycles. The molecule has 0 heterocycles. The van der Waals surface area contributed by atoms with E-state index in [9.17, 15) is 5.11 Å². The van der Waals surface area contributed by atoms with Crippen molar-refractivity contribution in [3.63, 3.8) is 0 Å². The average molecular weight is 251 g/mol. The number of methoxy groups -OCH3 is 1. The van der Waals surface area contributed by atoms with Crippen LogP contribution < -0.4 is 5.32 Å². The van der Waals surface area contributed by atoms with Crippen molar-refractivity contribution < 1.29 is 9.84 Å². The van der Waals surface area contributed by atoms with E-state index in [0.717, 1.165) is 19.4 Å². The Balaban J connectivity index is 2.08. The molecule has 3 nitrogen and oxygen atoms in total. The van der Waals surface area contributed by atoms with Crippen LogP contribution in [0.3, 0.4) is 0 Å². The summed E-state index contributed by atoms with van der Waals surface area (Å²) < 4.78 is 4.98. The molecule has 0 fully saturated rings. The van der Waals surface area contributed by atoms with Gasteiger partial charge in [-0.2, -0.15) is 0 Å². The van der Waals surface area contributed by atoms with Crippen LogP contribution in [0.15, 0.2) is 30.3 Å². The summed E-state index contributed by atoms with van der Waals surface area (Å²) in [5.74, 6) is 0. The molecule has 0 bridgehead atoms. The lowest BCUT2D eigenvalue weighted by molar-refractivity contribution is 0.0251. The monoisotopic (exact) mass is 251 g/mol. The largest absolute Gasteiger partial charge is 0.389 e. The van der Waals surface area contributed by atoms with Crippen LogP contribution in [0, 0.1) is 0 Å². The minimum atomic E-state index is -0.678. The Labute approximate surface area is 110 Å². The normalized spacial score (nSPS) is 14.4. The number of ether oxygens (including phenoxy) is 1. The highest BCUT2D eigenvalue weighted by molar-refractivity contribution is 5.14. The van der Waals surface area contributed by atoms with E-state index in [2.05, 4.69) is 29.6 Å². The number of nitrogens with one attached hydrogen (secondary N) is 1. The van der Waals surface area contributed by atoms with Gasteiger partial charge in [-0.25, -0.2) is 0 Å². The van der Waals surface area contributed by atoms with E-state index in [0.29, 0.717) is 19.6 Å². The minimum absolute atomic E-state index is 0.596. The van der Waals surface area contributed by atoms with E-state index in [1.807, 2.05) is 13.0 Å². The number of rotatable bonds is 9. The molecular weight excluding hydrogens is 226 g/mol. The van der Waals surface area contributed by atoms with Crippen LogP contribution in [0.2, 0.25) is 0 Å². The van der Waals surface area contributed by atoms with Crippen molar-refractivity contribution in [1.29, 1.82) is 0 Å². The van der Waals surface area contributed by atoms with E-state index in [4.69, 9.17) is 4.74 Å². The third kappa shape index (κ3) is 6.74. The van der Waals surface area contributed by atoms with Gasteiger partial charge >= 0.3 is 0 Å². The molecule has 1 unspecified atom stereocenters. The predicted octanol–water partition coefficient (Wildman–Crippen LogP) is 2.00. The Hall–Kier alpha value is -0.900. The van der Waals surface area contributed by atoms with E-state index < -0.39 is 5.60 Å². The lowest BCUT2D eigenvalue weighted by Gasteiger charge is -2.23. The first-order chi connectivity index (χ1) is 8.64. The maximum atomic E-state index is 10.0. The third-order valence-corrected chi connectivity index (χ3v) is 3.01. The zero-order chi connectivity index (χ0) is 13.3. The van der Waals surface area contributed by atoms with Gasteiger partial charge in [0.15, 0.2) is 0 Å². The molecule has 1 aromatic rings. The molecular formula is C15H25NO2. The average Bonchev–Trinajstić information content (AvgIpc) is 2.37. The van der Waals surface area contributed by atoms with Crippen LogP contribution in [0.25, 0.3) is 0 Å². The van der Waals surface area contributed by atoms with Gasteiger partial charge in [0.25, 0.3) is 0 Å². The van der Waals surface area contributed by atoms with E-state index >= 15 is 0 Å².